The number of hydrogen-bond donors (Lipinski definition) is 1. The zero-order chi connectivity index (χ0) is 19.7. The lowest BCUT2D eigenvalue weighted by Crippen LogP contribution is -2.36. The zero-order valence-electron chi connectivity index (χ0n) is 15.0. The summed E-state index contributed by atoms with van der Waals surface area (Å²) in [6.45, 7) is 0. The molecular weight excluding hydrogens is 420 g/mol. The van der Waals surface area contributed by atoms with Crippen molar-refractivity contribution in [2.45, 2.75) is 24.8 Å². The molecule has 0 bridgehead atoms. The number of hydrogen-bond acceptors (Lipinski definition) is 3. The molecule has 28 heavy (non-hydrogen) atoms. The van der Waals surface area contributed by atoms with Crippen LogP contribution in [0.15, 0.2) is 70.8 Å². The molecule has 3 aromatic rings. The highest BCUT2D eigenvalue weighted by atomic mass is 79.9. The minimum absolute atomic E-state index is 0.151. The second-order valence-corrected chi connectivity index (χ2v) is 8.05. The third-order valence-electron chi connectivity index (χ3n) is 5.57. The molecular formula is C22H19BrN2O3. The Kier molecular flexibility index (Phi) is 5.13. The zero-order valence-corrected chi connectivity index (χ0v) is 16.6. The number of fused-ring (bicyclic) bond motifs is 1. The molecule has 0 fully saturated rings. The van der Waals surface area contributed by atoms with Crippen molar-refractivity contribution in [3.8, 4) is 0 Å². The highest BCUT2D eigenvalue weighted by molar-refractivity contribution is 9.10. The number of nitrogens with one attached hydrogen (secondary N) is 1. The molecule has 6 heteroatoms. The molecule has 0 spiro atoms. The van der Waals surface area contributed by atoms with Gasteiger partial charge in [-0.15, -0.1) is 0 Å². The second-order valence-electron chi connectivity index (χ2n) is 7.19. The van der Waals surface area contributed by atoms with Crippen molar-refractivity contribution < 1.29 is 9.72 Å². The van der Waals surface area contributed by atoms with E-state index in [4.69, 9.17) is 0 Å². The van der Waals surface area contributed by atoms with Gasteiger partial charge in [-0.25, -0.2) is 0 Å². The highest BCUT2D eigenvalue weighted by Gasteiger charge is 2.42. The van der Waals surface area contributed by atoms with Gasteiger partial charge in [0, 0.05) is 32.9 Å². The summed E-state index contributed by atoms with van der Waals surface area (Å²) >= 11 is 3.57. The van der Waals surface area contributed by atoms with Gasteiger partial charge < -0.3 is 4.98 Å². The van der Waals surface area contributed by atoms with E-state index in [0.717, 1.165) is 32.8 Å². The number of para-hydroxylation sites is 1. The van der Waals surface area contributed by atoms with Crippen molar-refractivity contribution in [2.75, 3.05) is 0 Å². The summed E-state index contributed by atoms with van der Waals surface area (Å²) in [5, 5.41) is 13.0. The smallest absolute Gasteiger partial charge is 0.224 e. The molecule has 0 unspecified atom stereocenters. The van der Waals surface area contributed by atoms with Crippen LogP contribution in [0.3, 0.4) is 0 Å². The molecule has 1 aliphatic rings. The first kappa shape index (κ1) is 18.6. The van der Waals surface area contributed by atoms with E-state index in [1.54, 1.807) is 0 Å². The van der Waals surface area contributed by atoms with Gasteiger partial charge in [0.1, 0.15) is 6.29 Å². The molecule has 1 aliphatic carbocycles. The monoisotopic (exact) mass is 438 g/mol. The van der Waals surface area contributed by atoms with Gasteiger partial charge >= 0.3 is 0 Å². The SMILES string of the molecule is O=CC1=C[C@H](Cc2c[nH]c3ccccc23)[C@@H](c2ccccc2Br)[C@@H]([N+](=O)[O-])C1. The largest absolute Gasteiger partial charge is 0.361 e. The third kappa shape index (κ3) is 3.40. The summed E-state index contributed by atoms with van der Waals surface area (Å²) in [4.78, 5) is 26.4. The minimum Gasteiger partial charge on any atom is -0.361 e. The number of carbonyl (C=O) groups excluding carboxylic acids is 1. The Hall–Kier alpha value is -2.73. The Labute approximate surface area is 170 Å². The molecule has 0 radical (unpaired) electrons. The standard InChI is InChI=1S/C22H19BrN2O3/c23-19-7-3-1-6-18(19)22-15(9-14(13-26)10-21(22)25(27)28)11-16-12-24-20-8-4-2-5-17(16)20/h1-9,12-13,15,21-22,24H,10-11H2/t15-,21+,22+/m1/s1. The lowest BCUT2D eigenvalue weighted by Gasteiger charge is -2.32. The fraction of sp³-hybridized carbons (Fsp3) is 0.227. The summed E-state index contributed by atoms with van der Waals surface area (Å²) in [6.07, 6.45) is 5.43. The van der Waals surface area contributed by atoms with Crippen LogP contribution in [0.1, 0.15) is 23.5 Å². The molecule has 0 saturated carbocycles. The van der Waals surface area contributed by atoms with Crippen molar-refractivity contribution in [3.63, 3.8) is 0 Å². The number of benzene rings is 2. The molecule has 142 valence electrons. The summed E-state index contributed by atoms with van der Waals surface area (Å²) in [5.41, 5.74) is 3.56. The third-order valence-corrected chi connectivity index (χ3v) is 6.29. The number of carbonyl (C=O) groups is 1. The molecule has 0 amide bonds. The number of nitrogens with zero attached hydrogens (tertiary/aromatic N) is 1. The van der Waals surface area contributed by atoms with E-state index < -0.39 is 6.04 Å². The van der Waals surface area contributed by atoms with E-state index in [0.29, 0.717) is 12.0 Å². The van der Waals surface area contributed by atoms with Crippen LogP contribution in [0.25, 0.3) is 10.9 Å². The van der Waals surface area contributed by atoms with E-state index in [2.05, 4.69) is 20.9 Å². The van der Waals surface area contributed by atoms with Crippen molar-refractivity contribution in [2.24, 2.45) is 5.92 Å². The van der Waals surface area contributed by atoms with E-state index in [9.17, 15) is 14.9 Å². The van der Waals surface area contributed by atoms with Gasteiger partial charge in [0.25, 0.3) is 0 Å². The first-order chi connectivity index (χ1) is 13.6. The predicted molar refractivity (Wildman–Crippen MR) is 112 cm³/mol. The average molecular weight is 439 g/mol. The Morgan fingerprint density at radius 1 is 1.18 bits per heavy atom. The lowest BCUT2D eigenvalue weighted by atomic mass is 9.71. The van der Waals surface area contributed by atoms with Crippen LogP contribution in [0.5, 0.6) is 0 Å². The lowest BCUT2D eigenvalue weighted by molar-refractivity contribution is -0.528. The van der Waals surface area contributed by atoms with Gasteiger partial charge in [-0.05, 0) is 41.2 Å². The Bertz CT molecular complexity index is 1070. The summed E-state index contributed by atoms with van der Waals surface area (Å²) in [7, 11) is 0. The van der Waals surface area contributed by atoms with Crippen LogP contribution in [-0.4, -0.2) is 22.2 Å². The van der Waals surface area contributed by atoms with Gasteiger partial charge in [0.2, 0.25) is 6.04 Å². The van der Waals surface area contributed by atoms with Crippen molar-refractivity contribution in [1.29, 1.82) is 0 Å². The molecule has 1 heterocycles. The van der Waals surface area contributed by atoms with E-state index in [1.807, 2.05) is 60.8 Å². The van der Waals surface area contributed by atoms with Gasteiger partial charge in [-0.3, -0.25) is 14.9 Å². The van der Waals surface area contributed by atoms with Crippen LogP contribution in [0.2, 0.25) is 0 Å². The van der Waals surface area contributed by atoms with Gasteiger partial charge in [0.05, 0.1) is 5.92 Å². The maximum atomic E-state index is 11.9. The Balaban J connectivity index is 1.81. The quantitative estimate of drug-likeness (QED) is 0.344. The van der Waals surface area contributed by atoms with Gasteiger partial charge in [-0.1, -0.05) is 58.4 Å². The first-order valence-electron chi connectivity index (χ1n) is 9.17. The van der Waals surface area contributed by atoms with Crippen LogP contribution >= 0.6 is 15.9 Å². The van der Waals surface area contributed by atoms with E-state index in [-0.39, 0.29) is 23.2 Å². The second kappa shape index (κ2) is 7.72. The van der Waals surface area contributed by atoms with Crippen LogP contribution < -0.4 is 0 Å². The predicted octanol–water partition coefficient (Wildman–Crippen LogP) is 5.05. The molecule has 0 saturated heterocycles. The molecule has 0 aliphatic heterocycles. The number of halogens is 1. The Morgan fingerprint density at radius 3 is 2.68 bits per heavy atom. The molecule has 5 nitrogen and oxygen atoms in total. The van der Waals surface area contributed by atoms with Gasteiger partial charge in [0.15, 0.2) is 0 Å². The van der Waals surface area contributed by atoms with Gasteiger partial charge in [-0.2, -0.15) is 0 Å². The summed E-state index contributed by atoms with van der Waals surface area (Å²) in [5.74, 6) is -0.467. The number of rotatable bonds is 5. The Morgan fingerprint density at radius 2 is 1.93 bits per heavy atom. The fourth-order valence-corrected chi connectivity index (χ4v) is 4.87. The number of aldehydes is 1. The fourth-order valence-electron chi connectivity index (χ4n) is 4.32. The minimum atomic E-state index is -0.834. The van der Waals surface area contributed by atoms with E-state index in [1.165, 1.54) is 0 Å². The highest BCUT2D eigenvalue weighted by Crippen LogP contribution is 2.42. The molecule has 3 atom stereocenters. The normalized spacial score (nSPS) is 22.0. The number of nitro groups is 1. The molecule has 2 aromatic carbocycles. The average Bonchev–Trinajstić information content (AvgIpc) is 3.11. The number of H-pyrrole nitrogens is 1. The van der Waals surface area contributed by atoms with Crippen molar-refractivity contribution >= 4 is 33.1 Å². The maximum Gasteiger partial charge on any atom is 0.224 e. The first-order valence-corrected chi connectivity index (χ1v) is 9.96. The van der Waals surface area contributed by atoms with Crippen molar-refractivity contribution in [3.05, 3.63) is 92.1 Å². The number of aromatic nitrogens is 1. The molecule has 4 rings (SSSR count). The topological polar surface area (TPSA) is 76.0 Å². The van der Waals surface area contributed by atoms with Crippen LogP contribution in [-0.2, 0) is 11.2 Å². The van der Waals surface area contributed by atoms with Crippen LogP contribution in [0.4, 0.5) is 0 Å². The summed E-state index contributed by atoms with van der Waals surface area (Å²) < 4.78 is 0.860. The maximum absolute atomic E-state index is 11.9. The van der Waals surface area contributed by atoms with Crippen LogP contribution in [0, 0.1) is 16.0 Å². The summed E-state index contributed by atoms with van der Waals surface area (Å²) in [6, 6.07) is 14.8. The number of allylic oxidation sites excluding steroid dienone is 1. The number of aromatic amines is 1. The molecule has 1 N–H and O–H groups in total. The van der Waals surface area contributed by atoms with Crippen molar-refractivity contribution in [1.82, 2.24) is 4.98 Å². The van der Waals surface area contributed by atoms with E-state index >= 15 is 0 Å². The molecule has 1 aromatic heterocycles.